The summed E-state index contributed by atoms with van der Waals surface area (Å²) >= 11 is 0. The van der Waals surface area contributed by atoms with Gasteiger partial charge >= 0.3 is 6.09 Å². The van der Waals surface area contributed by atoms with Gasteiger partial charge in [0.15, 0.2) is 0 Å². The van der Waals surface area contributed by atoms with Gasteiger partial charge in [0.1, 0.15) is 5.60 Å². The van der Waals surface area contributed by atoms with Gasteiger partial charge in [0.2, 0.25) is 0 Å². The van der Waals surface area contributed by atoms with E-state index in [1.165, 1.54) is 23.6 Å². The Labute approximate surface area is 170 Å². The zero-order valence-electron chi connectivity index (χ0n) is 17.6. The number of piperidine rings is 2. The van der Waals surface area contributed by atoms with Crippen molar-refractivity contribution in [1.29, 1.82) is 0 Å². The Morgan fingerprint density at radius 1 is 0.821 bits per heavy atom. The lowest BCUT2D eigenvalue weighted by molar-refractivity contribution is 0.0188. The highest BCUT2D eigenvalue weighted by atomic mass is 32.2. The third kappa shape index (κ3) is 5.37. The zero-order chi connectivity index (χ0) is 20.4. The smallest absolute Gasteiger partial charge is 0.410 e. The fraction of sp³-hybridized carbons (Fsp3) is 0.947. The van der Waals surface area contributed by atoms with E-state index in [9.17, 15) is 13.2 Å². The van der Waals surface area contributed by atoms with Gasteiger partial charge in [-0.05, 0) is 59.5 Å². The molecule has 0 aliphatic carbocycles. The molecule has 0 aromatic carbocycles. The Hall–Kier alpha value is -0.900. The van der Waals surface area contributed by atoms with Gasteiger partial charge in [-0.3, -0.25) is 0 Å². The van der Waals surface area contributed by atoms with Crippen LogP contribution in [-0.2, 0) is 14.9 Å². The van der Waals surface area contributed by atoms with E-state index in [2.05, 4.69) is 4.90 Å². The van der Waals surface area contributed by atoms with E-state index >= 15 is 0 Å². The maximum Gasteiger partial charge on any atom is 0.410 e. The van der Waals surface area contributed by atoms with Gasteiger partial charge in [-0.2, -0.15) is 17.0 Å². The molecule has 9 heteroatoms. The average molecular weight is 417 g/mol. The molecule has 3 heterocycles. The molecule has 3 aliphatic heterocycles. The highest BCUT2D eigenvalue weighted by molar-refractivity contribution is 7.86. The van der Waals surface area contributed by atoms with Gasteiger partial charge in [-0.1, -0.05) is 6.42 Å². The molecule has 0 spiro atoms. The Morgan fingerprint density at radius 3 is 1.89 bits per heavy atom. The maximum absolute atomic E-state index is 13.0. The van der Waals surface area contributed by atoms with E-state index < -0.39 is 15.8 Å². The number of hydrogen-bond acceptors (Lipinski definition) is 5. The highest BCUT2D eigenvalue weighted by Crippen LogP contribution is 2.24. The number of piperazine rings is 1. The first-order chi connectivity index (χ1) is 13.2. The predicted octanol–water partition coefficient (Wildman–Crippen LogP) is 1.73. The molecule has 1 amide bonds. The summed E-state index contributed by atoms with van der Waals surface area (Å²) in [4.78, 5) is 16.3. The van der Waals surface area contributed by atoms with Crippen molar-refractivity contribution in [2.75, 3.05) is 52.4 Å². The van der Waals surface area contributed by atoms with Crippen molar-refractivity contribution in [1.82, 2.24) is 18.4 Å². The highest BCUT2D eigenvalue weighted by Gasteiger charge is 2.37. The molecular formula is C19H36N4O4S. The predicted molar refractivity (Wildman–Crippen MR) is 108 cm³/mol. The number of carbonyl (C=O) groups is 1. The number of ether oxygens (including phenoxy) is 1. The summed E-state index contributed by atoms with van der Waals surface area (Å²) in [7, 11) is -3.45. The number of hydrogen-bond donors (Lipinski definition) is 0. The minimum atomic E-state index is -3.45. The standard InChI is InChI=1S/C19H36N4O4S/c1-19(2,3)27-18(24)21-13-15-23(16-14-21)28(25,26)22-11-7-17(8-12-22)20-9-5-4-6-10-20/h17H,4-16H2,1-3H3. The molecule has 0 atom stereocenters. The number of rotatable bonds is 3. The molecule has 0 N–H and O–H groups in total. The molecule has 28 heavy (non-hydrogen) atoms. The van der Waals surface area contributed by atoms with Gasteiger partial charge < -0.3 is 14.5 Å². The van der Waals surface area contributed by atoms with Crippen molar-refractivity contribution in [2.45, 2.75) is 64.5 Å². The lowest BCUT2D eigenvalue weighted by atomic mass is 10.0. The molecule has 162 valence electrons. The van der Waals surface area contributed by atoms with Gasteiger partial charge in [-0.25, -0.2) is 4.79 Å². The summed E-state index contributed by atoms with van der Waals surface area (Å²) in [5.41, 5.74) is -0.543. The quantitative estimate of drug-likeness (QED) is 0.701. The molecule has 0 aromatic rings. The van der Waals surface area contributed by atoms with Crippen molar-refractivity contribution < 1.29 is 17.9 Å². The van der Waals surface area contributed by atoms with Crippen LogP contribution in [0.3, 0.4) is 0 Å². The molecule has 3 fully saturated rings. The van der Waals surface area contributed by atoms with E-state index in [1.54, 1.807) is 9.21 Å². The van der Waals surface area contributed by atoms with E-state index in [1.807, 2.05) is 20.8 Å². The first-order valence-corrected chi connectivity index (χ1v) is 12.0. The summed E-state index contributed by atoms with van der Waals surface area (Å²) in [5.74, 6) is 0. The van der Waals surface area contributed by atoms with Crippen LogP contribution in [0.2, 0.25) is 0 Å². The Bertz CT molecular complexity index is 627. The molecule has 0 unspecified atom stereocenters. The van der Waals surface area contributed by atoms with Gasteiger partial charge in [0.05, 0.1) is 0 Å². The van der Waals surface area contributed by atoms with E-state index in [0.717, 1.165) is 25.9 Å². The number of carbonyl (C=O) groups excluding carboxylic acids is 1. The zero-order valence-corrected chi connectivity index (χ0v) is 18.4. The topological polar surface area (TPSA) is 73.4 Å². The second-order valence-corrected chi connectivity index (χ2v) is 11.0. The van der Waals surface area contributed by atoms with Gasteiger partial charge in [0, 0.05) is 45.3 Å². The number of nitrogens with zero attached hydrogens (tertiary/aromatic N) is 4. The summed E-state index contributed by atoms with van der Waals surface area (Å²) in [6.45, 7) is 10.4. The van der Waals surface area contributed by atoms with Crippen LogP contribution in [-0.4, -0.2) is 96.9 Å². The van der Waals surface area contributed by atoms with Crippen LogP contribution in [0.5, 0.6) is 0 Å². The van der Waals surface area contributed by atoms with Crippen molar-refractivity contribution in [3.05, 3.63) is 0 Å². The van der Waals surface area contributed by atoms with Gasteiger partial charge in [-0.15, -0.1) is 0 Å². The third-order valence-corrected chi connectivity index (χ3v) is 7.91. The SMILES string of the molecule is CC(C)(C)OC(=O)N1CCN(S(=O)(=O)N2CCC(N3CCCCC3)CC2)CC1. The first kappa shape index (κ1) is 21.8. The third-order valence-electron chi connectivity index (χ3n) is 5.87. The fourth-order valence-electron chi connectivity index (χ4n) is 4.31. The molecule has 0 aromatic heterocycles. The van der Waals surface area contributed by atoms with Crippen LogP contribution >= 0.6 is 0 Å². The minimum absolute atomic E-state index is 0.327. The molecule has 0 bridgehead atoms. The average Bonchev–Trinajstić information content (AvgIpc) is 2.67. The van der Waals surface area contributed by atoms with E-state index in [0.29, 0.717) is 45.3 Å². The van der Waals surface area contributed by atoms with Crippen molar-refractivity contribution in [3.8, 4) is 0 Å². The summed E-state index contributed by atoms with van der Waals surface area (Å²) in [5, 5.41) is 0. The molecule has 3 aliphatic rings. The number of likely N-dealkylation sites (tertiary alicyclic amines) is 1. The van der Waals surface area contributed by atoms with E-state index in [-0.39, 0.29) is 6.09 Å². The summed E-state index contributed by atoms with van der Waals surface area (Å²) in [6.07, 6.45) is 5.31. The van der Waals surface area contributed by atoms with Crippen LogP contribution in [0, 0.1) is 0 Å². The van der Waals surface area contributed by atoms with Crippen molar-refractivity contribution in [2.24, 2.45) is 0 Å². The van der Waals surface area contributed by atoms with Crippen LogP contribution < -0.4 is 0 Å². The molecule has 3 saturated heterocycles. The minimum Gasteiger partial charge on any atom is -0.444 e. The Balaban J connectivity index is 1.48. The van der Waals surface area contributed by atoms with Crippen LogP contribution in [0.1, 0.15) is 52.9 Å². The molecule has 3 rings (SSSR count). The first-order valence-electron chi connectivity index (χ1n) is 10.6. The Kier molecular flexibility index (Phi) is 6.89. The van der Waals surface area contributed by atoms with Crippen LogP contribution in [0.4, 0.5) is 4.79 Å². The molecular weight excluding hydrogens is 380 g/mol. The second-order valence-electron chi connectivity index (χ2n) is 9.10. The molecule has 0 radical (unpaired) electrons. The Morgan fingerprint density at radius 2 is 1.36 bits per heavy atom. The van der Waals surface area contributed by atoms with Crippen molar-refractivity contribution in [3.63, 3.8) is 0 Å². The van der Waals surface area contributed by atoms with Gasteiger partial charge in [0.25, 0.3) is 10.2 Å². The lowest BCUT2D eigenvalue weighted by Gasteiger charge is -2.42. The van der Waals surface area contributed by atoms with Crippen LogP contribution in [0.15, 0.2) is 0 Å². The largest absolute Gasteiger partial charge is 0.444 e. The number of amides is 1. The molecule has 8 nitrogen and oxygen atoms in total. The lowest BCUT2D eigenvalue weighted by Crippen LogP contribution is -2.56. The summed E-state index contributed by atoms with van der Waals surface area (Å²) < 4.78 is 34.6. The maximum atomic E-state index is 13.0. The molecule has 0 saturated carbocycles. The second kappa shape index (κ2) is 8.85. The summed E-state index contributed by atoms with van der Waals surface area (Å²) in [6, 6.07) is 0.524. The van der Waals surface area contributed by atoms with Crippen molar-refractivity contribution >= 4 is 16.3 Å². The van der Waals surface area contributed by atoms with E-state index in [4.69, 9.17) is 4.74 Å². The monoisotopic (exact) mass is 416 g/mol. The normalized spacial score (nSPS) is 25.0. The van der Waals surface area contributed by atoms with Crippen LogP contribution in [0.25, 0.3) is 0 Å². The fourth-order valence-corrected chi connectivity index (χ4v) is 5.94.